The lowest BCUT2D eigenvalue weighted by molar-refractivity contribution is -0.115. The van der Waals surface area contributed by atoms with E-state index in [9.17, 15) is 9.18 Å². The van der Waals surface area contributed by atoms with Crippen molar-refractivity contribution in [2.45, 2.75) is 13.5 Å². The summed E-state index contributed by atoms with van der Waals surface area (Å²) in [4.78, 5) is 16.4. The number of rotatable bonds is 6. The summed E-state index contributed by atoms with van der Waals surface area (Å²) >= 11 is 0. The summed E-state index contributed by atoms with van der Waals surface area (Å²) in [5, 5.41) is 8.76. The third kappa shape index (κ3) is 8.09. The number of guanidine groups is 1. The minimum atomic E-state index is -0.302. The quantitative estimate of drug-likeness (QED) is 0.258. The lowest BCUT2D eigenvalue weighted by atomic mass is 10.2. The van der Waals surface area contributed by atoms with E-state index in [1.807, 2.05) is 6.92 Å². The maximum atomic E-state index is 13.2. The van der Waals surface area contributed by atoms with Gasteiger partial charge in [0.05, 0.1) is 13.1 Å². The normalized spacial score (nSPS) is 10.3. The van der Waals surface area contributed by atoms with Gasteiger partial charge in [-0.3, -0.25) is 4.79 Å². The molecule has 0 aliphatic heterocycles. The Labute approximate surface area is 175 Å². The van der Waals surface area contributed by atoms with Crippen LogP contribution in [0.15, 0.2) is 53.5 Å². The van der Waals surface area contributed by atoms with Crippen molar-refractivity contribution in [1.82, 2.24) is 10.6 Å². The number of hydrogen-bond acceptors (Lipinski definition) is 2. The van der Waals surface area contributed by atoms with Crippen LogP contribution in [-0.4, -0.2) is 25.0 Å². The minimum absolute atomic E-state index is 0. The van der Waals surface area contributed by atoms with Gasteiger partial charge in [-0.1, -0.05) is 24.1 Å². The third-order valence-electron chi connectivity index (χ3n) is 3.38. The Kier molecular flexibility index (Phi) is 9.90. The molecule has 0 saturated carbocycles. The lowest BCUT2D eigenvalue weighted by Crippen LogP contribution is -2.41. The number of nitrogens with one attached hydrogen (secondary N) is 3. The molecule has 27 heavy (non-hydrogen) atoms. The van der Waals surface area contributed by atoms with E-state index in [4.69, 9.17) is 6.42 Å². The molecule has 2 aromatic carbocycles. The molecular formula is C20H22FIN4O. The second-order valence-corrected chi connectivity index (χ2v) is 5.45. The van der Waals surface area contributed by atoms with E-state index >= 15 is 0 Å². The fourth-order valence-electron chi connectivity index (χ4n) is 2.20. The number of benzene rings is 2. The first-order valence-electron chi connectivity index (χ1n) is 8.24. The summed E-state index contributed by atoms with van der Waals surface area (Å²) in [7, 11) is 0. The lowest BCUT2D eigenvalue weighted by Gasteiger charge is -2.12. The van der Waals surface area contributed by atoms with Crippen molar-refractivity contribution >= 4 is 41.5 Å². The molecule has 0 aliphatic rings. The van der Waals surface area contributed by atoms with Gasteiger partial charge in [0.15, 0.2) is 5.96 Å². The molecule has 0 saturated heterocycles. The summed E-state index contributed by atoms with van der Waals surface area (Å²) in [6, 6.07) is 13.3. The van der Waals surface area contributed by atoms with Crippen LogP contribution in [0.5, 0.6) is 0 Å². The van der Waals surface area contributed by atoms with Gasteiger partial charge in [-0.2, -0.15) is 0 Å². The number of terminal acetylenes is 1. The van der Waals surface area contributed by atoms with Crippen LogP contribution in [0.1, 0.15) is 18.1 Å². The highest BCUT2D eigenvalue weighted by Crippen LogP contribution is 2.09. The number of aliphatic imine (C=N–C) groups is 1. The minimum Gasteiger partial charge on any atom is -0.357 e. The summed E-state index contributed by atoms with van der Waals surface area (Å²) in [5.41, 5.74) is 2.08. The van der Waals surface area contributed by atoms with E-state index in [-0.39, 0.29) is 42.2 Å². The maximum Gasteiger partial charge on any atom is 0.243 e. The molecule has 0 heterocycles. The fraction of sp³-hybridized carbons (Fsp3) is 0.200. The molecule has 2 rings (SSSR count). The SMILES string of the molecule is C#Cc1cccc(NC(=O)CNC(=NCc2cccc(F)c2)NCC)c1.I. The summed E-state index contributed by atoms with van der Waals surface area (Å²) in [5.74, 6) is 2.47. The van der Waals surface area contributed by atoms with Gasteiger partial charge in [0.1, 0.15) is 5.82 Å². The fourth-order valence-corrected chi connectivity index (χ4v) is 2.20. The zero-order valence-electron chi connectivity index (χ0n) is 15.0. The Morgan fingerprint density at radius 2 is 1.96 bits per heavy atom. The van der Waals surface area contributed by atoms with Crippen LogP contribution in [0, 0.1) is 18.2 Å². The molecule has 1 amide bonds. The van der Waals surface area contributed by atoms with E-state index < -0.39 is 0 Å². The van der Waals surface area contributed by atoms with Crippen LogP contribution in [-0.2, 0) is 11.3 Å². The number of carbonyl (C=O) groups excluding carboxylic acids is 1. The number of nitrogens with zero attached hydrogens (tertiary/aromatic N) is 1. The first kappa shape index (κ1) is 22.4. The second-order valence-electron chi connectivity index (χ2n) is 5.45. The number of halogens is 2. The molecule has 0 unspecified atom stereocenters. The average Bonchev–Trinajstić information content (AvgIpc) is 2.64. The van der Waals surface area contributed by atoms with E-state index in [1.54, 1.807) is 36.4 Å². The number of hydrogen-bond donors (Lipinski definition) is 3. The van der Waals surface area contributed by atoms with Crippen molar-refractivity contribution in [1.29, 1.82) is 0 Å². The summed E-state index contributed by atoms with van der Waals surface area (Å²) in [6.07, 6.45) is 5.35. The number of amides is 1. The predicted molar refractivity (Wildman–Crippen MR) is 118 cm³/mol. The van der Waals surface area contributed by atoms with Crippen LogP contribution in [0.4, 0.5) is 10.1 Å². The molecule has 7 heteroatoms. The van der Waals surface area contributed by atoms with Gasteiger partial charge < -0.3 is 16.0 Å². The monoisotopic (exact) mass is 480 g/mol. The molecule has 3 N–H and O–H groups in total. The molecular weight excluding hydrogens is 458 g/mol. The number of carbonyl (C=O) groups is 1. The van der Waals surface area contributed by atoms with Crippen LogP contribution >= 0.6 is 24.0 Å². The standard InChI is InChI=1S/C20H21FN4O.HI/c1-3-15-7-6-10-18(12-15)25-19(26)14-24-20(22-4-2)23-13-16-8-5-9-17(21)11-16;/h1,5-12H,4,13-14H2,2H3,(H,25,26)(H2,22,23,24);1H. The molecule has 0 atom stereocenters. The average molecular weight is 480 g/mol. The molecule has 142 valence electrons. The zero-order valence-corrected chi connectivity index (χ0v) is 17.3. The molecule has 0 spiro atoms. The smallest absolute Gasteiger partial charge is 0.243 e. The third-order valence-corrected chi connectivity index (χ3v) is 3.38. The van der Waals surface area contributed by atoms with Crippen molar-refractivity contribution in [2.75, 3.05) is 18.4 Å². The van der Waals surface area contributed by atoms with Gasteiger partial charge in [-0.05, 0) is 42.8 Å². The van der Waals surface area contributed by atoms with Gasteiger partial charge in [0.25, 0.3) is 0 Å². The van der Waals surface area contributed by atoms with Gasteiger partial charge >= 0.3 is 0 Å². The molecule has 0 bridgehead atoms. The Bertz CT molecular complexity index is 833. The molecule has 0 aliphatic carbocycles. The van der Waals surface area contributed by atoms with E-state index in [0.29, 0.717) is 30.3 Å². The van der Waals surface area contributed by atoms with Gasteiger partial charge in [0, 0.05) is 17.8 Å². The Morgan fingerprint density at radius 3 is 2.67 bits per heavy atom. The maximum absolute atomic E-state index is 13.2. The van der Waals surface area contributed by atoms with E-state index in [2.05, 4.69) is 26.9 Å². The van der Waals surface area contributed by atoms with Crippen molar-refractivity contribution in [3.8, 4) is 12.3 Å². The molecule has 2 aromatic rings. The second kappa shape index (κ2) is 11.9. The van der Waals surface area contributed by atoms with Gasteiger partial charge in [-0.25, -0.2) is 9.38 Å². The highest BCUT2D eigenvalue weighted by Gasteiger charge is 2.05. The van der Waals surface area contributed by atoms with Crippen LogP contribution in [0.3, 0.4) is 0 Å². The summed E-state index contributed by atoms with van der Waals surface area (Å²) in [6.45, 7) is 2.90. The highest BCUT2D eigenvalue weighted by molar-refractivity contribution is 14.0. The van der Waals surface area contributed by atoms with Crippen molar-refractivity contribution in [2.24, 2.45) is 4.99 Å². The first-order valence-corrected chi connectivity index (χ1v) is 8.24. The van der Waals surface area contributed by atoms with Crippen molar-refractivity contribution in [3.05, 3.63) is 65.5 Å². The van der Waals surface area contributed by atoms with Crippen LogP contribution in [0.2, 0.25) is 0 Å². The van der Waals surface area contributed by atoms with Gasteiger partial charge in [-0.15, -0.1) is 30.4 Å². The molecule has 0 fully saturated rings. The van der Waals surface area contributed by atoms with E-state index in [0.717, 1.165) is 5.56 Å². The van der Waals surface area contributed by atoms with E-state index in [1.165, 1.54) is 12.1 Å². The first-order chi connectivity index (χ1) is 12.6. The Balaban J connectivity index is 0.00000364. The van der Waals surface area contributed by atoms with Gasteiger partial charge in [0.2, 0.25) is 5.91 Å². The zero-order chi connectivity index (χ0) is 18.8. The van der Waals surface area contributed by atoms with Crippen LogP contribution in [0.25, 0.3) is 0 Å². The topological polar surface area (TPSA) is 65.5 Å². The molecule has 0 radical (unpaired) electrons. The molecule has 0 aromatic heterocycles. The largest absolute Gasteiger partial charge is 0.357 e. The predicted octanol–water partition coefficient (Wildman–Crippen LogP) is 3.12. The Hall–Kier alpha value is -2.60. The Morgan fingerprint density at radius 1 is 1.19 bits per heavy atom. The molecule has 5 nitrogen and oxygen atoms in total. The van der Waals surface area contributed by atoms with Crippen molar-refractivity contribution in [3.63, 3.8) is 0 Å². The van der Waals surface area contributed by atoms with Crippen LogP contribution < -0.4 is 16.0 Å². The highest BCUT2D eigenvalue weighted by atomic mass is 127. The summed E-state index contributed by atoms with van der Waals surface area (Å²) < 4.78 is 13.2. The van der Waals surface area contributed by atoms with Crippen molar-refractivity contribution < 1.29 is 9.18 Å². The number of anilines is 1.